The van der Waals surface area contributed by atoms with E-state index in [0.717, 1.165) is 24.7 Å². The van der Waals surface area contributed by atoms with Gasteiger partial charge in [-0.15, -0.1) is 0 Å². The standard InChI is InChI=1S/C15H23ClN2O2S/c1-10(2)11-3-5-12(6-4-11)18-15-9-13(21(17,19)20)7-8-14(15)16/h7-12,18H,3-6H2,1-2H3,(H2,17,19,20). The highest BCUT2D eigenvalue weighted by molar-refractivity contribution is 7.89. The van der Waals surface area contributed by atoms with Gasteiger partial charge in [-0.2, -0.15) is 0 Å². The fraction of sp³-hybridized carbons (Fsp3) is 0.600. The van der Waals surface area contributed by atoms with Crippen LogP contribution in [0.4, 0.5) is 5.69 Å². The second kappa shape index (κ2) is 6.55. The van der Waals surface area contributed by atoms with Crippen LogP contribution >= 0.6 is 11.6 Å². The van der Waals surface area contributed by atoms with Gasteiger partial charge in [0.25, 0.3) is 0 Å². The number of primary sulfonamides is 1. The van der Waals surface area contributed by atoms with Crippen LogP contribution in [0.3, 0.4) is 0 Å². The summed E-state index contributed by atoms with van der Waals surface area (Å²) in [7, 11) is -3.70. The molecule has 1 aliphatic rings. The Kier molecular flexibility index (Phi) is 5.17. The molecule has 0 radical (unpaired) electrons. The zero-order valence-corrected chi connectivity index (χ0v) is 14.0. The Bertz CT molecular complexity index is 594. The molecule has 1 aromatic carbocycles. The molecule has 0 aliphatic heterocycles. The SMILES string of the molecule is CC(C)C1CCC(Nc2cc(S(N)(=O)=O)ccc2Cl)CC1. The normalized spacial score (nSPS) is 23.3. The number of sulfonamides is 1. The highest BCUT2D eigenvalue weighted by Gasteiger charge is 2.23. The van der Waals surface area contributed by atoms with Crippen molar-refractivity contribution in [1.82, 2.24) is 0 Å². The Morgan fingerprint density at radius 3 is 2.38 bits per heavy atom. The van der Waals surface area contributed by atoms with Crippen molar-refractivity contribution in [3.8, 4) is 0 Å². The summed E-state index contributed by atoms with van der Waals surface area (Å²) >= 11 is 6.15. The van der Waals surface area contributed by atoms with Crippen LogP contribution in [0, 0.1) is 11.8 Å². The zero-order chi connectivity index (χ0) is 15.6. The maximum atomic E-state index is 11.4. The largest absolute Gasteiger partial charge is 0.381 e. The molecule has 0 heterocycles. The highest BCUT2D eigenvalue weighted by Crippen LogP contribution is 2.33. The van der Waals surface area contributed by atoms with E-state index in [1.807, 2.05) is 0 Å². The van der Waals surface area contributed by atoms with E-state index in [4.69, 9.17) is 16.7 Å². The fourth-order valence-corrected chi connectivity index (χ4v) is 3.65. The first-order valence-corrected chi connectivity index (χ1v) is 9.28. The Labute approximate surface area is 132 Å². The molecule has 2 rings (SSSR count). The van der Waals surface area contributed by atoms with Crippen LogP contribution in [0.2, 0.25) is 5.02 Å². The van der Waals surface area contributed by atoms with Crippen molar-refractivity contribution in [2.75, 3.05) is 5.32 Å². The first-order chi connectivity index (χ1) is 9.77. The monoisotopic (exact) mass is 330 g/mol. The molecule has 0 atom stereocenters. The molecule has 6 heteroatoms. The number of hydrogen-bond donors (Lipinski definition) is 2. The first-order valence-electron chi connectivity index (χ1n) is 7.36. The molecule has 0 saturated heterocycles. The number of rotatable bonds is 4. The summed E-state index contributed by atoms with van der Waals surface area (Å²) in [4.78, 5) is 0.0882. The van der Waals surface area contributed by atoms with E-state index in [-0.39, 0.29) is 4.90 Å². The Morgan fingerprint density at radius 1 is 1.24 bits per heavy atom. The predicted molar refractivity (Wildman–Crippen MR) is 87.0 cm³/mol. The Hall–Kier alpha value is -0.780. The molecule has 0 bridgehead atoms. The first kappa shape index (κ1) is 16.6. The average Bonchev–Trinajstić information content (AvgIpc) is 2.40. The van der Waals surface area contributed by atoms with Crippen molar-refractivity contribution in [3.05, 3.63) is 23.2 Å². The molecule has 118 valence electrons. The van der Waals surface area contributed by atoms with Gasteiger partial charge >= 0.3 is 0 Å². The molecule has 21 heavy (non-hydrogen) atoms. The maximum Gasteiger partial charge on any atom is 0.238 e. The third-order valence-electron chi connectivity index (χ3n) is 4.34. The van der Waals surface area contributed by atoms with Crippen LogP contribution in [0.5, 0.6) is 0 Å². The summed E-state index contributed by atoms with van der Waals surface area (Å²) in [6.45, 7) is 4.54. The van der Waals surface area contributed by atoms with Crippen LogP contribution in [0.25, 0.3) is 0 Å². The van der Waals surface area contributed by atoms with Gasteiger partial charge in [0, 0.05) is 6.04 Å². The fourth-order valence-electron chi connectivity index (χ4n) is 2.94. The smallest absolute Gasteiger partial charge is 0.238 e. The molecule has 4 nitrogen and oxygen atoms in total. The second-order valence-electron chi connectivity index (χ2n) is 6.19. The van der Waals surface area contributed by atoms with Crippen LogP contribution < -0.4 is 10.5 Å². The Balaban J connectivity index is 2.07. The summed E-state index contributed by atoms with van der Waals surface area (Å²) in [5, 5.41) is 9.05. The number of benzene rings is 1. The molecular formula is C15H23ClN2O2S. The average molecular weight is 331 g/mol. The summed E-state index contributed by atoms with van der Waals surface area (Å²) in [6, 6.07) is 4.86. The molecule has 0 spiro atoms. The van der Waals surface area contributed by atoms with E-state index in [1.54, 1.807) is 6.07 Å². The lowest BCUT2D eigenvalue weighted by Crippen LogP contribution is -2.28. The molecule has 1 fully saturated rings. The predicted octanol–water partition coefficient (Wildman–Crippen LogP) is 3.61. The molecule has 1 aromatic rings. The molecule has 0 amide bonds. The van der Waals surface area contributed by atoms with Crippen molar-refractivity contribution < 1.29 is 8.42 Å². The van der Waals surface area contributed by atoms with Crippen molar-refractivity contribution in [1.29, 1.82) is 0 Å². The lowest BCUT2D eigenvalue weighted by molar-refractivity contribution is 0.267. The van der Waals surface area contributed by atoms with Crippen LogP contribution in [0.1, 0.15) is 39.5 Å². The minimum atomic E-state index is -3.70. The lowest BCUT2D eigenvalue weighted by Gasteiger charge is -2.32. The van der Waals surface area contributed by atoms with Crippen LogP contribution in [-0.4, -0.2) is 14.5 Å². The van der Waals surface area contributed by atoms with Crippen LogP contribution in [0.15, 0.2) is 23.1 Å². The molecule has 1 aliphatic carbocycles. The second-order valence-corrected chi connectivity index (χ2v) is 8.16. The topological polar surface area (TPSA) is 72.2 Å². The van der Waals surface area contributed by atoms with Gasteiger partial charge in [-0.25, -0.2) is 13.6 Å². The summed E-state index contributed by atoms with van der Waals surface area (Å²) in [5.41, 5.74) is 0.649. The maximum absolute atomic E-state index is 11.4. The van der Waals surface area contributed by atoms with E-state index < -0.39 is 10.0 Å². The number of nitrogens with two attached hydrogens (primary N) is 1. The summed E-state index contributed by atoms with van der Waals surface area (Å²) < 4.78 is 22.8. The highest BCUT2D eigenvalue weighted by atomic mass is 35.5. The van der Waals surface area contributed by atoms with Gasteiger partial charge in [-0.1, -0.05) is 25.4 Å². The summed E-state index contributed by atoms with van der Waals surface area (Å²) in [6.07, 6.45) is 4.56. The van der Waals surface area contributed by atoms with Crippen molar-refractivity contribution in [2.24, 2.45) is 17.0 Å². The zero-order valence-electron chi connectivity index (χ0n) is 12.5. The molecule has 3 N–H and O–H groups in total. The summed E-state index contributed by atoms with van der Waals surface area (Å²) in [5.74, 6) is 1.51. The van der Waals surface area contributed by atoms with Gasteiger partial charge in [0.1, 0.15) is 0 Å². The lowest BCUT2D eigenvalue weighted by atomic mass is 9.79. The van der Waals surface area contributed by atoms with Crippen molar-refractivity contribution in [3.63, 3.8) is 0 Å². The quantitative estimate of drug-likeness (QED) is 0.885. The molecule has 0 unspecified atom stereocenters. The minimum Gasteiger partial charge on any atom is -0.381 e. The van der Waals surface area contributed by atoms with E-state index >= 15 is 0 Å². The van der Waals surface area contributed by atoms with Gasteiger partial charge in [0.15, 0.2) is 0 Å². The third-order valence-corrected chi connectivity index (χ3v) is 5.58. The van der Waals surface area contributed by atoms with E-state index in [1.165, 1.54) is 25.0 Å². The molecule has 0 aromatic heterocycles. The van der Waals surface area contributed by atoms with E-state index in [0.29, 0.717) is 16.8 Å². The van der Waals surface area contributed by atoms with Crippen LogP contribution in [-0.2, 0) is 10.0 Å². The van der Waals surface area contributed by atoms with Gasteiger partial charge < -0.3 is 5.32 Å². The van der Waals surface area contributed by atoms with Gasteiger partial charge in [-0.3, -0.25) is 0 Å². The molecule has 1 saturated carbocycles. The van der Waals surface area contributed by atoms with E-state index in [2.05, 4.69) is 19.2 Å². The molecular weight excluding hydrogens is 308 g/mol. The van der Waals surface area contributed by atoms with Gasteiger partial charge in [0.05, 0.1) is 15.6 Å². The number of hydrogen-bond acceptors (Lipinski definition) is 3. The number of nitrogens with one attached hydrogen (secondary N) is 1. The van der Waals surface area contributed by atoms with Crippen molar-refractivity contribution in [2.45, 2.75) is 50.5 Å². The third kappa shape index (κ3) is 4.34. The number of anilines is 1. The Morgan fingerprint density at radius 2 is 1.86 bits per heavy atom. The van der Waals surface area contributed by atoms with Gasteiger partial charge in [-0.05, 0) is 55.7 Å². The number of halogens is 1. The van der Waals surface area contributed by atoms with Gasteiger partial charge in [0.2, 0.25) is 10.0 Å². The minimum absolute atomic E-state index is 0.0882. The van der Waals surface area contributed by atoms with Crippen molar-refractivity contribution >= 4 is 27.3 Å². The van der Waals surface area contributed by atoms with E-state index in [9.17, 15) is 8.42 Å².